The number of carbonyl (C=O) groups excluding carboxylic acids is 1. The van der Waals surface area contributed by atoms with Gasteiger partial charge in [-0.05, 0) is 12.8 Å². The van der Waals surface area contributed by atoms with Gasteiger partial charge in [0.1, 0.15) is 6.04 Å². The molecule has 0 spiro atoms. The minimum atomic E-state index is -0.595. The third-order valence-corrected chi connectivity index (χ3v) is 2.52. The van der Waals surface area contributed by atoms with Gasteiger partial charge in [-0.25, -0.2) is 4.98 Å². The molecule has 1 aromatic rings. The zero-order chi connectivity index (χ0) is 13.0. The molecule has 0 bridgehead atoms. The SMILES string of the molecule is CCn1ccnc(NC(C(N)=O)C(C)C)c1=O. The molecular weight excluding hydrogens is 220 g/mol. The molecule has 1 amide bonds. The summed E-state index contributed by atoms with van der Waals surface area (Å²) in [4.78, 5) is 27.0. The second-order valence-corrected chi connectivity index (χ2v) is 4.14. The lowest BCUT2D eigenvalue weighted by Gasteiger charge is -2.19. The van der Waals surface area contributed by atoms with Crippen molar-refractivity contribution in [2.24, 2.45) is 11.7 Å². The number of nitrogens with one attached hydrogen (secondary N) is 1. The molecule has 1 atom stereocenters. The molecule has 1 unspecified atom stereocenters. The second-order valence-electron chi connectivity index (χ2n) is 4.14. The molecule has 0 saturated carbocycles. The van der Waals surface area contributed by atoms with Gasteiger partial charge < -0.3 is 15.6 Å². The van der Waals surface area contributed by atoms with Crippen LogP contribution in [-0.4, -0.2) is 21.5 Å². The number of aromatic nitrogens is 2. The van der Waals surface area contributed by atoms with Gasteiger partial charge in [-0.1, -0.05) is 13.8 Å². The highest BCUT2D eigenvalue weighted by Gasteiger charge is 2.20. The van der Waals surface area contributed by atoms with E-state index in [4.69, 9.17) is 5.73 Å². The third-order valence-electron chi connectivity index (χ3n) is 2.52. The number of aryl methyl sites for hydroxylation is 1. The molecule has 17 heavy (non-hydrogen) atoms. The average molecular weight is 238 g/mol. The normalized spacial score (nSPS) is 12.5. The summed E-state index contributed by atoms with van der Waals surface area (Å²) in [6.07, 6.45) is 3.12. The minimum Gasteiger partial charge on any atom is -0.368 e. The maximum Gasteiger partial charge on any atom is 0.293 e. The Morgan fingerprint density at radius 2 is 2.24 bits per heavy atom. The summed E-state index contributed by atoms with van der Waals surface area (Å²) in [5.74, 6) is -0.344. The van der Waals surface area contributed by atoms with E-state index in [0.717, 1.165) is 0 Å². The molecule has 0 saturated heterocycles. The third kappa shape index (κ3) is 3.05. The average Bonchev–Trinajstić information content (AvgIpc) is 2.26. The predicted molar refractivity (Wildman–Crippen MR) is 65.6 cm³/mol. The summed E-state index contributed by atoms with van der Waals surface area (Å²) in [5, 5.41) is 2.80. The second kappa shape index (κ2) is 5.47. The Hall–Kier alpha value is -1.85. The van der Waals surface area contributed by atoms with E-state index in [1.807, 2.05) is 20.8 Å². The molecule has 1 aromatic heterocycles. The number of nitrogens with zero attached hydrogens (tertiary/aromatic N) is 2. The molecule has 0 radical (unpaired) electrons. The number of amides is 1. The fraction of sp³-hybridized carbons (Fsp3) is 0.545. The summed E-state index contributed by atoms with van der Waals surface area (Å²) < 4.78 is 1.51. The van der Waals surface area contributed by atoms with Crippen LogP contribution in [-0.2, 0) is 11.3 Å². The number of carbonyl (C=O) groups is 1. The van der Waals surface area contributed by atoms with Crippen LogP contribution in [0.4, 0.5) is 5.82 Å². The molecule has 0 aromatic carbocycles. The molecule has 0 aliphatic carbocycles. The smallest absolute Gasteiger partial charge is 0.293 e. The van der Waals surface area contributed by atoms with Crippen molar-refractivity contribution in [2.75, 3.05) is 5.32 Å². The van der Waals surface area contributed by atoms with Crippen LogP contribution in [0.5, 0.6) is 0 Å². The van der Waals surface area contributed by atoms with Gasteiger partial charge in [0, 0.05) is 18.9 Å². The molecule has 0 aliphatic heterocycles. The number of nitrogens with two attached hydrogens (primary N) is 1. The number of primary amides is 1. The van der Waals surface area contributed by atoms with Gasteiger partial charge in [0.2, 0.25) is 5.91 Å². The Balaban J connectivity index is 3.02. The van der Waals surface area contributed by atoms with Crippen LogP contribution < -0.4 is 16.6 Å². The Kier molecular flexibility index (Phi) is 4.25. The van der Waals surface area contributed by atoms with Crippen LogP contribution in [0.3, 0.4) is 0 Å². The zero-order valence-corrected chi connectivity index (χ0v) is 10.3. The van der Waals surface area contributed by atoms with Crippen molar-refractivity contribution in [3.05, 3.63) is 22.7 Å². The number of hydrogen-bond donors (Lipinski definition) is 2. The van der Waals surface area contributed by atoms with Gasteiger partial charge in [-0.3, -0.25) is 9.59 Å². The first kappa shape index (κ1) is 13.2. The first-order chi connectivity index (χ1) is 7.97. The number of rotatable bonds is 5. The maximum atomic E-state index is 11.9. The summed E-state index contributed by atoms with van der Waals surface area (Å²) >= 11 is 0. The fourth-order valence-corrected chi connectivity index (χ4v) is 1.51. The van der Waals surface area contributed by atoms with Crippen LogP contribution in [0.1, 0.15) is 20.8 Å². The van der Waals surface area contributed by atoms with Gasteiger partial charge in [0.15, 0.2) is 5.82 Å². The van der Waals surface area contributed by atoms with E-state index in [2.05, 4.69) is 10.3 Å². The highest BCUT2D eigenvalue weighted by atomic mass is 16.1. The van der Waals surface area contributed by atoms with E-state index >= 15 is 0 Å². The quantitative estimate of drug-likeness (QED) is 0.766. The lowest BCUT2D eigenvalue weighted by Crippen LogP contribution is -2.41. The van der Waals surface area contributed by atoms with E-state index in [1.165, 1.54) is 10.8 Å². The first-order valence-corrected chi connectivity index (χ1v) is 5.58. The van der Waals surface area contributed by atoms with Crippen LogP contribution in [0.2, 0.25) is 0 Å². The molecule has 6 nitrogen and oxygen atoms in total. The minimum absolute atomic E-state index is 0.0102. The van der Waals surface area contributed by atoms with Crippen LogP contribution in [0.15, 0.2) is 17.2 Å². The summed E-state index contributed by atoms with van der Waals surface area (Å²) in [5.41, 5.74) is 5.02. The molecule has 0 aliphatic rings. The molecular formula is C11H18N4O2. The van der Waals surface area contributed by atoms with Crippen molar-refractivity contribution >= 4 is 11.7 Å². The molecule has 6 heteroatoms. The molecule has 1 heterocycles. The van der Waals surface area contributed by atoms with Gasteiger partial charge in [-0.15, -0.1) is 0 Å². The number of hydrogen-bond acceptors (Lipinski definition) is 4. The van der Waals surface area contributed by atoms with Crippen molar-refractivity contribution in [3.63, 3.8) is 0 Å². The molecule has 94 valence electrons. The topological polar surface area (TPSA) is 90.0 Å². The van der Waals surface area contributed by atoms with E-state index in [1.54, 1.807) is 6.20 Å². The molecule has 3 N–H and O–H groups in total. The summed E-state index contributed by atoms with van der Waals surface area (Å²) in [6.45, 7) is 6.12. The van der Waals surface area contributed by atoms with E-state index in [9.17, 15) is 9.59 Å². The monoisotopic (exact) mass is 238 g/mol. The van der Waals surface area contributed by atoms with Crippen molar-refractivity contribution < 1.29 is 4.79 Å². The Morgan fingerprint density at radius 1 is 1.59 bits per heavy atom. The molecule has 0 fully saturated rings. The molecule has 1 rings (SSSR count). The van der Waals surface area contributed by atoms with Gasteiger partial charge in [0.05, 0.1) is 0 Å². The van der Waals surface area contributed by atoms with Gasteiger partial charge in [0.25, 0.3) is 5.56 Å². The Morgan fingerprint density at radius 3 is 2.71 bits per heavy atom. The van der Waals surface area contributed by atoms with E-state index in [-0.39, 0.29) is 17.3 Å². The summed E-state index contributed by atoms with van der Waals surface area (Å²) in [6, 6.07) is -0.595. The van der Waals surface area contributed by atoms with E-state index < -0.39 is 11.9 Å². The van der Waals surface area contributed by atoms with Crippen molar-refractivity contribution in [1.82, 2.24) is 9.55 Å². The van der Waals surface area contributed by atoms with E-state index in [0.29, 0.717) is 6.54 Å². The lowest BCUT2D eigenvalue weighted by molar-refractivity contribution is -0.119. The fourth-order valence-electron chi connectivity index (χ4n) is 1.51. The zero-order valence-electron chi connectivity index (χ0n) is 10.3. The van der Waals surface area contributed by atoms with Gasteiger partial charge >= 0.3 is 0 Å². The maximum absolute atomic E-state index is 11.9. The van der Waals surface area contributed by atoms with Crippen LogP contribution >= 0.6 is 0 Å². The lowest BCUT2D eigenvalue weighted by atomic mass is 10.0. The number of anilines is 1. The first-order valence-electron chi connectivity index (χ1n) is 5.58. The van der Waals surface area contributed by atoms with Crippen molar-refractivity contribution in [2.45, 2.75) is 33.4 Å². The highest BCUT2D eigenvalue weighted by molar-refractivity contribution is 5.82. The van der Waals surface area contributed by atoms with Crippen LogP contribution in [0, 0.1) is 5.92 Å². The standard InChI is InChI=1S/C11H18N4O2/c1-4-15-6-5-13-10(11(15)17)14-8(7(2)3)9(12)16/h5-8H,4H2,1-3H3,(H2,12,16)(H,13,14). The van der Waals surface area contributed by atoms with Gasteiger partial charge in [-0.2, -0.15) is 0 Å². The predicted octanol–water partition coefficient (Wildman–Crippen LogP) is 0.185. The summed E-state index contributed by atoms with van der Waals surface area (Å²) in [7, 11) is 0. The van der Waals surface area contributed by atoms with Crippen LogP contribution in [0.25, 0.3) is 0 Å². The highest BCUT2D eigenvalue weighted by Crippen LogP contribution is 2.06. The largest absolute Gasteiger partial charge is 0.368 e. The van der Waals surface area contributed by atoms with Crippen molar-refractivity contribution in [1.29, 1.82) is 0 Å². The Labute approximate surface area is 99.8 Å². The van der Waals surface area contributed by atoms with Crippen molar-refractivity contribution in [3.8, 4) is 0 Å². The Bertz CT molecular complexity index is 453.